The molecule has 2 aromatic heterocycles. The van der Waals surface area contributed by atoms with Gasteiger partial charge < -0.3 is 20.9 Å². The lowest BCUT2D eigenvalue weighted by Gasteiger charge is -2.37. The van der Waals surface area contributed by atoms with Gasteiger partial charge in [-0.25, -0.2) is 19.3 Å². The lowest BCUT2D eigenvalue weighted by atomic mass is 10.2. The van der Waals surface area contributed by atoms with E-state index in [4.69, 9.17) is 5.73 Å². The van der Waals surface area contributed by atoms with Crippen molar-refractivity contribution in [2.45, 2.75) is 13.8 Å². The van der Waals surface area contributed by atoms with Crippen molar-refractivity contribution in [3.05, 3.63) is 47.0 Å². The second-order valence-electron chi connectivity index (χ2n) is 6.70. The summed E-state index contributed by atoms with van der Waals surface area (Å²) in [6.07, 6.45) is 1.52. The van der Waals surface area contributed by atoms with Crippen molar-refractivity contribution in [1.29, 1.82) is 0 Å². The highest BCUT2D eigenvalue weighted by Crippen LogP contribution is 2.31. The molecule has 1 aromatic carbocycles. The van der Waals surface area contributed by atoms with E-state index in [-0.39, 0.29) is 5.82 Å². The molecule has 0 amide bonds. The zero-order valence-corrected chi connectivity index (χ0v) is 16.6. The number of aromatic nitrogens is 3. The lowest BCUT2D eigenvalue weighted by molar-refractivity contribution is 0.624. The van der Waals surface area contributed by atoms with Crippen LogP contribution in [0.4, 0.5) is 32.5 Å². The number of hydrogen-bond acceptors (Lipinski definition) is 8. The van der Waals surface area contributed by atoms with Gasteiger partial charge in [-0.2, -0.15) is 0 Å². The van der Waals surface area contributed by atoms with E-state index in [1.807, 2.05) is 26.0 Å². The van der Waals surface area contributed by atoms with E-state index in [1.165, 1.54) is 18.5 Å². The highest BCUT2D eigenvalue weighted by atomic mass is 32.1. The number of nitrogen functional groups attached to an aromatic ring is 1. The molecular formula is C19H22FN7S. The quantitative estimate of drug-likeness (QED) is 0.696. The van der Waals surface area contributed by atoms with Gasteiger partial charge in [0.2, 0.25) is 0 Å². The van der Waals surface area contributed by atoms with Gasteiger partial charge in [0.05, 0.1) is 5.69 Å². The predicted molar refractivity (Wildman–Crippen MR) is 112 cm³/mol. The number of nitrogens with two attached hydrogens (primary N) is 1. The number of thiazole rings is 1. The van der Waals surface area contributed by atoms with Crippen LogP contribution in [0.25, 0.3) is 0 Å². The molecule has 1 fully saturated rings. The normalized spacial score (nSPS) is 14.4. The zero-order valence-electron chi connectivity index (χ0n) is 15.8. The molecule has 3 heterocycles. The number of aryl methyl sites for hydroxylation is 2. The minimum atomic E-state index is -0.221. The summed E-state index contributed by atoms with van der Waals surface area (Å²) >= 11 is 1.57. The van der Waals surface area contributed by atoms with Gasteiger partial charge in [-0.15, -0.1) is 11.3 Å². The smallest absolute Gasteiger partial charge is 0.188 e. The van der Waals surface area contributed by atoms with Crippen LogP contribution in [0.5, 0.6) is 0 Å². The van der Waals surface area contributed by atoms with Crippen LogP contribution in [-0.4, -0.2) is 41.1 Å². The van der Waals surface area contributed by atoms with Crippen molar-refractivity contribution in [3.8, 4) is 0 Å². The molecule has 146 valence electrons. The minimum absolute atomic E-state index is 0.221. The van der Waals surface area contributed by atoms with E-state index in [1.54, 1.807) is 11.3 Å². The van der Waals surface area contributed by atoms with Crippen molar-refractivity contribution in [2.24, 2.45) is 0 Å². The molecule has 1 saturated heterocycles. The first-order valence-electron chi connectivity index (χ1n) is 9.08. The fourth-order valence-electron chi connectivity index (χ4n) is 3.19. The van der Waals surface area contributed by atoms with Crippen LogP contribution in [0.15, 0.2) is 30.6 Å². The maximum atomic E-state index is 13.1. The van der Waals surface area contributed by atoms with Gasteiger partial charge in [0, 0.05) is 36.7 Å². The largest absolute Gasteiger partial charge is 0.393 e. The van der Waals surface area contributed by atoms with Crippen LogP contribution in [-0.2, 0) is 0 Å². The molecule has 3 aromatic rings. The van der Waals surface area contributed by atoms with Crippen molar-refractivity contribution in [2.75, 3.05) is 47.0 Å². The number of nitrogens with one attached hydrogen (secondary N) is 1. The molecule has 0 atom stereocenters. The summed E-state index contributed by atoms with van der Waals surface area (Å²) in [6, 6.07) is 6.60. The topological polar surface area (TPSA) is 83.2 Å². The fourth-order valence-corrected chi connectivity index (χ4v) is 4.01. The Hall–Kier alpha value is -2.94. The Morgan fingerprint density at radius 2 is 1.71 bits per heavy atom. The molecule has 0 spiro atoms. The summed E-state index contributed by atoms with van der Waals surface area (Å²) in [5, 5.41) is 3.98. The molecule has 1 aliphatic rings. The SMILES string of the molecule is Cc1nc(Nc2ncnc(N3CCN(c4ccc(F)cc4)CC3)c2N)sc1C. The molecule has 3 N–H and O–H groups in total. The average molecular weight is 399 g/mol. The van der Waals surface area contributed by atoms with Gasteiger partial charge in [-0.3, -0.25) is 0 Å². The fraction of sp³-hybridized carbons (Fsp3) is 0.316. The molecular weight excluding hydrogens is 377 g/mol. The van der Waals surface area contributed by atoms with E-state index < -0.39 is 0 Å². The molecule has 0 saturated carbocycles. The second-order valence-corrected chi connectivity index (χ2v) is 7.90. The zero-order chi connectivity index (χ0) is 19.7. The molecule has 28 heavy (non-hydrogen) atoms. The second kappa shape index (κ2) is 7.59. The van der Waals surface area contributed by atoms with Crippen LogP contribution >= 0.6 is 11.3 Å². The van der Waals surface area contributed by atoms with Crippen LogP contribution in [0.3, 0.4) is 0 Å². The number of nitrogens with zero attached hydrogens (tertiary/aromatic N) is 5. The first-order valence-corrected chi connectivity index (χ1v) is 9.90. The molecule has 0 radical (unpaired) electrons. The lowest BCUT2D eigenvalue weighted by Crippen LogP contribution is -2.47. The Labute approximate surface area is 167 Å². The van der Waals surface area contributed by atoms with Gasteiger partial charge in [-0.05, 0) is 38.1 Å². The molecule has 9 heteroatoms. The molecule has 1 aliphatic heterocycles. The van der Waals surface area contributed by atoms with E-state index in [0.29, 0.717) is 11.5 Å². The van der Waals surface area contributed by atoms with Crippen LogP contribution in [0.2, 0.25) is 0 Å². The molecule has 4 rings (SSSR count). The third-order valence-corrected chi connectivity index (χ3v) is 5.88. The van der Waals surface area contributed by atoms with Gasteiger partial charge in [0.15, 0.2) is 16.8 Å². The van der Waals surface area contributed by atoms with Gasteiger partial charge >= 0.3 is 0 Å². The molecule has 7 nitrogen and oxygen atoms in total. The third-order valence-electron chi connectivity index (χ3n) is 4.89. The summed E-state index contributed by atoms with van der Waals surface area (Å²) < 4.78 is 13.1. The maximum absolute atomic E-state index is 13.1. The number of hydrogen-bond donors (Lipinski definition) is 2. The first-order chi connectivity index (χ1) is 13.5. The van der Waals surface area contributed by atoms with E-state index >= 15 is 0 Å². The van der Waals surface area contributed by atoms with E-state index in [0.717, 1.165) is 53.4 Å². The predicted octanol–water partition coefficient (Wildman–Crippen LogP) is 3.34. The monoisotopic (exact) mass is 399 g/mol. The first kappa shape index (κ1) is 18.4. The molecule has 0 bridgehead atoms. The van der Waals surface area contributed by atoms with Crippen molar-refractivity contribution < 1.29 is 4.39 Å². The number of rotatable bonds is 4. The number of benzene rings is 1. The Morgan fingerprint density at radius 3 is 2.36 bits per heavy atom. The molecule has 0 unspecified atom stereocenters. The van der Waals surface area contributed by atoms with Crippen LogP contribution < -0.4 is 20.9 Å². The number of halogens is 1. The van der Waals surface area contributed by atoms with Crippen molar-refractivity contribution >= 4 is 39.5 Å². The average Bonchev–Trinajstić information content (AvgIpc) is 3.01. The maximum Gasteiger partial charge on any atom is 0.188 e. The standard InChI is InChI=1S/C19H22FN7S/c1-12-13(2)28-19(24-12)25-17-16(21)18(23-11-22-17)27-9-7-26(8-10-27)15-5-3-14(20)4-6-15/h3-6,11H,7-10,21H2,1-2H3,(H,22,23,24,25). The summed E-state index contributed by atoms with van der Waals surface area (Å²) in [6.45, 7) is 7.17. The van der Waals surface area contributed by atoms with Crippen molar-refractivity contribution in [3.63, 3.8) is 0 Å². The summed E-state index contributed by atoms with van der Waals surface area (Å²) in [4.78, 5) is 18.7. The Balaban J connectivity index is 1.47. The van der Waals surface area contributed by atoms with E-state index in [9.17, 15) is 4.39 Å². The number of piperazine rings is 1. The van der Waals surface area contributed by atoms with Gasteiger partial charge in [0.1, 0.15) is 17.8 Å². The minimum Gasteiger partial charge on any atom is -0.393 e. The van der Waals surface area contributed by atoms with Crippen LogP contribution in [0, 0.1) is 19.7 Å². The van der Waals surface area contributed by atoms with E-state index in [2.05, 4.69) is 30.1 Å². The number of anilines is 5. The molecule has 0 aliphatic carbocycles. The van der Waals surface area contributed by atoms with Crippen LogP contribution in [0.1, 0.15) is 10.6 Å². The summed E-state index contributed by atoms with van der Waals surface area (Å²) in [5.41, 5.74) is 8.90. The van der Waals surface area contributed by atoms with Crippen molar-refractivity contribution in [1.82, 2.24) is 15.0 Å². The summed E-state index contributed by atoms with van der Waals surface area (Å²) in [7, 11) is 0. The summed E-state index contributed by atoms with van der Waals surface area (Å²) in [5.74, 6) is 1.07. The third kappa shape index (κ3) is 3.70. The highest BCUT2D eigenvalue weighted by Gasteiger charge is 2.22. The van der Waals surface area contributed by atoms with Gasteiger partial charge in [0.25, 0.3) is 0 Å². The Bertz CT molecular complexity index is 945. The highest BCUT2D eigenvalue weighted by molar-refractivity contribution is 7.15. The Morgan fingerprint density at radius 1 is 1.04 bits per heavy atom. The van der Waals surface area contributed by atoms with Gasteiger partial charge in [-0.1, -0.05) is 0 Å². The Kier molecular flexibility index (Phi) is 4.99.